The lowest BCUT2D eigenvalue weighted by Gasteiger charge is -2.35. The molecule has 3 nitrogen and oxygen atoms in total. The van der Waals surface area contributed by atoms with Crippen molar-refractivity contribution in [1.82, 2.24) is 9.80 Å². The molecule has 0 aromatic carbocycles. The SMILES string of the molecule is CN1CCC(N2CCC(CO)C2)CC1. The Morgan fingerprint density at radius 3 is 2.43 bits per heavy atom. The van der Waals surface area contributed by atoms with Crippen LogP contribution >= 0.6 is 0 Å². The minimum Gasteiger partial charge on any atom is -0.396 e. The highest BCUT2D eigenvalue weighted by atomic mass is 16.3. The first-order valence-corrected chi connectivity index (χ1v) is 5.83. The van der Waals surface area contributed by atoms with Crippen LogP contribution in [0.1, 0.15) is 19.3 Å². The molecule has 0 radical (unpaired) electrons. The first-order valence-electron chi connectivity index (χ1n) is 5.83. The van der Waals surface area contributed by atoms with Crippen molar-refractivity contribution in [3.8, 4) is 0 Å². The highest BCUT2D eigenvalue weighted by molar-refractivity contribution is 4.84. The molecule has 1 N–H and O–H groups in total. The Bertz CT molecular complexity index is 178. The van der Waals surface area contributed by atoms with Crippen molar-refractivity contribution in [1.29, 1.82) is 0 Å². The summed E-state index contributed by atoms with van der Waals surface area (Å²) in [6, 6.07) is 0.794. The van der Waals surface area contributed by atoms with Gasteiger partial charge in [-0.15, -0.1) is 0 Å². The molecule has 2 aliphatic heterocycles. The van der Waals surface area contributed by atoms with E-state index in [1.165, 1.54) is 38.9 Å². The van der Waals surface area contributed by atoms with Crippen molar-refractivity contribution in [2.24, 2.45) is 5.92 Å². The average Bonchev–Trinajstić information content (AvgIpc) is 2.67. The fourth-order valence-corrected chi connectivity index (χ4v) is 2.70. The summed E-state index contributed by atoms with van der Waals surface area (Å²) in [5.74, 6) is 0.551. The van der Waals surface area contributed by atoms with Gasteiger partial charge in [-0.05, 0) is 51.9 Å². The summed E-state index contributed by atoms with van der Waals surface area (Å²) in [7, 11) is 2.21. The van der Waals surface area contributed by atoms with E-state index in [1.807, 2.05) is 0 Å². The molecule has 2 aliphatic rings. The number of nitrogens with zero attached hydrogens (tertiary/aromatic N) is 2. The van der Waals surface area contributed by atoms with Gasteiger partial charge in [0.2, 0.25) is 0 Å². The van der Waals surface area contributed by atoms with E-state index in [9.17, 15) is 0 Å². The van der Waals surface area contributed by atoms with Gasteiger partial charge in [-0.3, -0.25) is 4.90 Å². The largest absolute Gasteiger partial charge is 0.396 e. The van der Waals surface area contributed by atoms with Crippen LogP contribution in [0.5, 0.6) is 0 Å². The Morgan fingerprint density at radius 2 is 1.86 bits per heavy atom. The molecule has 1 atom stereocenters. The lowest BCUT2D eigenvalue weighted by atomic mass is 10.0. The first kappa shape index (κ1) is 10.4. The Kier molecular flexibility index (Phi) is 3.42. The van der Waals surface area contributed by atoms with Gasteiger partial charge in [0, 0.05) is 19.2 Å². The van der Waals surface area contributed by atoms with E-state index in [1.54, 1.807) is 0 Å². The van der Waals surface area contributed by atoms with Gasteiger partial charge in [0.25, 0.3) is 0 Å². The molecule has 1 unspecified atom stereocenters. The van der Waals surface area contributed by atoms with E-state index < -0.39 is 0 Å². The molecule has 2 saturated heterocycles. The van der Waals surface area contributed by atoms with Crippen LogP contribution in [0, 0.1) is 5.92 Å². The molecule has 14 heavy (non-hydrogen) atoms. The average molecular weight is 198 g/mol. The van der Waals surface area contributed by atoms with Gasteiger partial charge in [-0.2, -0.15) is 0 Å². The van der Waals surface area contributed by atoms with Gasteiger partial charge in [0.05, 0.1) is 0 Å². The van der Waals surface area contributed by atoms with Crippen molar-refractivity contribution in [3.63, 3.8) is 0 Å². The number of hydrogen-bond donors (Lipinski definition) is 1. The van der Waals surface area contributed by atoms with Gasteiger partial charge in [0.1, 0.15) is 0 Å². The third kappa shape index (κ3) is 2.27. The van der Waals surface area contributed by atoms with Crippen LogP contribution < -0.4 is 0 Å². The first-order chi connectivity index (χ1) is 6.79. The highest BCUT2D eigenvalue weighted by Gasteiger charge is 2.29. The molecular formula is C11H22N2O. The minimum absolute atomic E-state index is 0.378. The highest BCUT2D eigenvalue weighted by Crippen LogP contribution is 2.23. The van der Waals surface area contributed by atoms with Gasteiger partial charge in [-0.25, -0.2) is 0 Å². The molecule has 2 heterocycles. The molecule has 0 bridgehead atoms. The molecule has 0 aromatic rings. The molecule has 0 aromatic heterocycles. The van der Waals surface area contributed by atoms with E-state index in [-0.39, 0.29) is 0 Å². The predicted octanol–water partition coefficient (Wildman–Crippen LogP) is 0.395. The second-order valence-corrected chi connectivity index (χ2v) is 4.87. The summed E-state index contributed by atoms with van der Waals surface area (Å²) in [6.45, 7) is 5.20. The number of piperidine rings is 1. The van der Waals surface area contributed by atoms with Crippen molar-refractivity contribution < 1.29 is 5.11 Å². The van der Waals surface area contributed by atoms with Gasteiger partial charge >= 0.3 is 0 Å². The summed E-state index contributed by atoms with van der Waals surface area (Å²) in [6.07, 6.45) is 3.83. The topological polar surface area (TPSA) is 26.7 Å². The lowest BCUT2D eigenvalue weighted by molar-refractivity contribution is 0.133. The Hall–Kier alpha value is -0.120. The second kappa shape index (κ2) is 4.60. The van der Waals surface area contributed by atoms with Crippen LogP contribution in [0.25, 0.3) is 0 Å². The number of likely N-dealkylation sites (tertiary alicyclic amines) is 2. The Labute approximate surface area is 86.7 Å². The van der Waals surface area contributed by atoms with Crippen molar-refractivity contribution in [2.75, 3.05) is 39.8 Å². The van der Waals surface area contributed by atoms with Gasteiger partial charge in [0.15, 0.2) is 0 Å². The number of hydrogen-bond acceptors (Lipinski definition) is 3. The molecule has 0 aliphatic carbocycles. The molecular weight excluding hydrogens is 176 g/mol. The summed E-state index contributed by atoms with van der Waals surface area (Å²) < 4.78 is 0. The maximum atomic E-state index is 9.09. The van der Waals surface area contributed by atoms with Crippen molar-refractivity contribution in [2.45, 2.75) is 25.3 Å². The fraction of sp³-hybridized carbons (Fsp3) is 1.00. The van der Waals surface area contributed by atoms with Gasteiger partial charge < -0.3 is 10.0 Å². The van der Waals surface area contributed by atoms with E-state index in [0.29, 0.717) is 12.5 Å². The smallest absolute Gasteiger partial charge is 0.0471 e. The van der Waals surface area contributed by atoms with Crippen LogP contribution in [0.15, 0.2) is 0 Å². The number of aliphatic hydroxyl groups excluding tert-OH is 1. The Morgan fingerprint density at radius 1 is 1.14 bits per heavy atom. The van der Waals surface area contributed by atoms with Crippen LogP contribution in [0.2, 0.25) is 0 Å². The minimum atomic E-state index is 0.378. The van der Waals surface area contributed by atoms with Crippen molar-refractivity contribution >= 4 is 0 Å². The van der Waals surface area contributed by atoms with Gasteiger partial charge in [-0.1, -0.05) is 0 Å². The molecule has 82 valence electrons. The second-order valence-electron chi connectivity index (χ2n) is 4.87. The zero-order valence-electron chi connectivity index (χ0n) is 9.15. The normalized spacial score (nSPS) is 32.6. The zero-order chi connectivity index (χ0) is 9.97. The fourth-order valence-electron chi connectivity index (χ4n) is 2.70. The summed E-state index contributed by atoms with van der Waals surface area (Å²) in [5.41, 5.74) is 0. The van der Waals surface area contributed by atoms with Crippen LogP contribution in [0.3, 0.4) is 0 Å². The zero-order valence-corrected chi connectivity index (χ0v) is 9.15. The quantitative estimate of drug-likeness (QED) is 0.695. The van der Waals surface area contributed by atoms with E-state index in [4.69, 9.17) is 5.11 Å². The van der Waals surface area contributed by atoms with Crippen LogP contribution in [0.4, 0.5) is 0 Å². The molecule has 3 heteroatoms. The van der Waals surface area contributed by atoms with E-state index in [2.05, 4.69) is 16.8 Å². The molecule has 0 spiro atoms. The maximum absolute atomic E-state index is 9.09. The van der Waals surface area contributed by atoms with Crippen LogP contribution in [-0.2, 0) is 0 Å². The monoisotopic (exact) mass is 198 g/mol. The molecule has 0 amide bonds. The summed E-state index contributed by atoms with van der Waals surface area (Å²) in [5, 5.41) is 9.09. The summed E-state index contributed by atoms with van der Waals surface area (Å²) in [4.78, 5) is 5.00. The maximum Gasteiger partial charge on any atom is 0.0471 e. The van der Waals surface area contributed by atoms with E-state index in [0.717, 1.165) is 12.6 Å². The lowest BCUT2D eigenvalue weighted by Crippen LogP contribution is -2.42. The molecule has 2 fully saturated rings. The molecule has 2 rings (SSSR count). The van der Waals surface area contributed by atoms with Crippen molar-refractivity contribution in [3.05, 3.63) is 0 Å². The number of rotatable bonds is 2. The van der Waals surface area contributed by atoms with Crippen LogP contribution in [-0.4, -0.2) is 60.8 Å². The summed E-state index contributed by atoms with van der Waals surface area (Å²) >= 11 is 0. The Balaban J connectivity index is 1.79. The standard InChI is InChI=1S/C11H22N2O/c1-12-5-3-11(4-6-12)13-7-2-10(8-13)9-14/h10-11,14H,2-9H2,1H3. The third-order valence-electron chi connectivity index (χ3n) is 3.78. The van der Waals surface area contributed by atoms with E-state index >= 15 is 0 Å². The third-order valence-corrected chi connectivity index (χ3v) is 3.78. The molecule has 0 saturated carbocycles. The predicted molar refractivity (Wildman–Crippen MR) is 57.3 cm³/mol. The number of aliphatic hydroxyl groups is 1.